The largest absolute Gasteiger partial charge is 0.354 e. The van der Waals surface area contributed by atoms with E-state index in [9.17, 15) is 9.59 Å². The average molecular weight is 449 g/mol. The summed E-state index contributed by atoms with van der Waals surface area (Å²) < 4.78 is 0. The van der Waals surface area contributed by atoms with Gasteiger partial charge in [0.1, 0.15) is 11.5 Å². The minimum absolute atomic E-state index is 0.0200. The Hall–Kier alpha value is -3.26. The normalized spacial score (nSPS) is 18.2. The number of rotatable bonds is 6. The first kappa shape index (κ1) is 22.9. The monoisotopic (exact) mass is 448 g/mol. The molecule has 8 heteroatoms. The van der Waals surface area contributed by atoms with E-state index in [-0.39, 0.29) is 24.3 Å². The lowest BCUT2D eigenvalue weighted by Crippen LogP contribution is -2.52. The van der Waals surface area contributed by atoms with Crippen LogP contribution in [0.25, 0.3) is 0 Å². The molecule has 33 heavy (non-hydrogen) atoms. The molecule has 1 aromatic carbocycles. The number of hydrogen-bond donors (Lipinski definition) is 1. The van der Waals surface area contributed by atoms with Crippen LogP contribution in [-0.4, -0.2) is 66.2 Å². The lowest BCUT2D eigenvalue weighted by Gasteiger charge is -2.36. The molecule has 1 unspecified atom stereocenters. The molecule has 0 aliphatic carbocycles. The molecule has 174 valence electrons. The summed E-state index contributed by atoms with van der Waals surface area (Å²) in [5.74, 6) is 0.730. The molecule has 1 fully saturated rings. The van der Waals surface area contributed by atoms with Crippen molar-refractivity contribution in [2.45, 2.75) is 39.7 Å². The molecule has 1 N–H and O–H groups in total. The Morgan fingerprint density at radius 1 is 1.09 bits per heavy atom. The Morgan fingerprint density at radius 2 is 1.88 bits per heavy atom. The third-order valence-corrected chi connectivity index (χ3v) is 6.14. The number of anilines is 2. The number of benzene rings is 1. The maximum absolute atomic E-state index is 12.9. The fourth-order valence-corrected chi connectivity index (χ4v) is 4.29. The second kappa shape index (κ2) is 10.1. The number of hydrogen-bond acceptors (Lipinski definition) is 6. The highest BCUT2D eigenvalue weighted by atomic mass is 16.2. The van der Waals surface area contributed by atoms with E-state index in [0.29, 0.717) is 12.1 Å². The maximum atomic E-state index is 12.9. The van der Waals surface area contributed by atoms with E-state index in [1.54, 1.807) is 0 Å². The van der Waals surface area contributed by atoms with Crippen LogP contribution < -0.4 is 15.2 Å². The molecule has 2 aliphatic heterocycles. The smallest absolute Gasteiger partial charge is 0.267 e. The highest BCUT2D eigenvalue weighted by molar-refractivity contribution is 6.40. The minimum atomic E-state index is -0.197. The SMILES string of the molecule is Cc1ccc(C)c(N2N=C(C(=O)NC(C)CN3CCN(c4ccccn4)CC3)CCC2=O)c1. The van der Waals surface area contributed by atoms with E-state index in [0.717, 1.165) is 55.4 Å². The zero-order valence-electron chi connectivity index (χ0n) is 19.6. The standard InChI is InChI=1S/C25H32N6O2/c1-18-7-8-19(2)22(16-18)31-24(32)10-9-21(28-31)25(33)27-20(3)17-29-12-14-30(15-13-29)23-6-4-5-11-26-23/h4-8,11,16,20H,9-10,12-15,17H2,1-3H3,(H,27,33). The first-order valence-corrected chi connectivity index (χ1v) is 11.6. The highest BCUT2D eigenvalue weighted by Gasteiger charge is 2.28. The summed E-state index contributed by atoms with van der Waals surface area (Å²) in [5.41, 5.74) is 3.15. The van der Waals surface area contributed by atoms with Crippen LogP contribution in [0.4, 0.5) is 11.5 Å². The highest BCUT2D eigenvalue weighted by Crippen LogP contribution is 2.25. The van der Waals surface area contributed by atoms with Crippen molar-refractivity contribution in [2.75, 3.05) is 42.6 Å². The zero-order chi connectivity index (χ0) is 23.4. The summed E-state index contributed by atoms with van der Waals surface area (Å²) in [5, 5.41) is 8.91. The summed E-state index contributed by atoms with van der Waals surface area (Å²) in [6, 6.07) is 11.9. The average Bonchev–Trinajstić information content (AvgIpc) is 2.82. The summed E-state index contributed by atoms with van der Waals surface area (Å²) in [6.07, 6.45) is 2.47. The van der Waals surface area contributed by atoms with Gasteiger partial charge in [-0.25, -0.2) is 9.99 Å². The van der Waals surface area contributed by atoms with Gasteiger partial charge < -0.3 is 10.2 Å². The van der Waals surface area contributed by atoms with E-state index in [2.05, 4.69) is 25.2 Å². The fourth-order valence-electron chi connectivity index (χ4n) is 4.29. The molecule has 0 radical (unpaired) electrons. The van der Waals surface area contributed by atoms with Gasteiger partial charge in [-0.15, -0.1) is 0 Å². The van der Waals surface area contributed by atoms with Gasteiger partial charge in [0.2, 0.25) is 5.91 Å². The Balaban J connectivity index is 1.33. The van der Waals surface area contributed by atoms with Crippen molar-refractivity contribution in [3.63, 3.8) is 0 Å². The number of amides is 2. The number of aryl methyl sites for hydroxylation is 2. The van der Waals surface area contributed by atoms with Gasteiger partial charge in [0.15, 0.2) is 0 Å². The van der Waals surface area contributed by atoms with E-state index < -0.39 is 0 Å². The van der Waals surface area contributed by atoms with Crippen LogP contribution in [0.5, 0.6) is 0 Å². The molecule has 1 aromatic heterocycles. The van der Waals surface area contributed by atoms with Crippen molar-refractivity contribution >= 4 is 29.0 Å². The molecule has 0 spiro atoms. The molecule has 8 nitrogen and oxygen atoms in total. The van der Waals surface area contributed by atoms with Crippen molar-refractivity contribution in [1.29, 1.82) is 0 Å². The molecule has 0 bridgehead atoms. The van der Waals surface area contributed by atoms with Crippen molar-refractivity contribution in [3.05, 3.63) is 53.7 Å². The molecular weight excluding hydrogens is 416 g/mol. The molecule has 3 heterocycles. The maximum Gasteiger partial charge on any atom is 0.267 e. The summed E-state index contributed by atoms with van der Waals surface area (Å²) in [4.78, 5) is 34.5. The van der Waals surface area contributed by atoms with Gasteiger partial charge in [-0.3, -0.25) is 14.5 Å². The number of piperazine rings is 1. The molecule has 0 saturated carbocycles. The van der Waals surface area contributed by atoms with Crippen LogP contribution in [-0.2, 0) is 9.59 Å². The molecular formula is C25H32N6O2. The predicted octanol–water partition coefficient (Wildman–Crippen LogP) is 2.51. The van der Waals surface area contributed by atoms with Crippen LogP contribution in [0.15, 0.2) is 47.7 Å². The summed E-state index contributed by atoms with van der Waals surface area (Å²) in [7, 11) is 0. The predicted molar refractivity (Wildman–Crippen MR) is 131 cm³/mol. The number of aromatic nitrogens is 1. The quantitative estimate of drug-likeness (QED) is 0.735. The number of nitrogens with one attached hydrogen (secondary N) is 1. The van der Waals surface area contributed by atoms with Gasteiger partial charge in [-0.2, -0.15) is 5.10 Å². The van der Waals surface area contributed by atoms with Crippen LogP contribution >= 0.6 is 0 Å². The minimum Gasteiger partial charge on any atom is -0.354 e. The molecule has 2 aromatic rings. The molecule has 2 amide bonds. The van der Waals surface area contributed by atoms with E-state index >= 15 is 0 Å². The molecule has 1 atom stereocenters. The van der Waals surface area contributed by atoms with Crippen molar-refractivity contribution in [3.8, 4) is 0 Å². The van der Waals surface area contributed by atoms with Crippen molar-refractivity contribution < 1.29 is 9.59 Å². The Kier molecular flexibility index (Phi) is 7.03. The second-order valence-electron chi connectivity index (χ2n) is 8.89. The molecule has 4 rings (SSSR count). The van der Waals surface area contributed by atoms with Crippen molar-refractivity contribution in [2.24, 2.45) is 5.10 Å². The van der Waals surface area contributed by atoms with E-state index in [1.165, 1.54) is 5.01 Å². The third kappa shape index (κ3) is 5.57. The number of pyridine rings is 1. The number of hydrazone groups is 1. The van der Waals surface area contributed by atoms with E-state index in [1.807, 2.05) is 63.4 Å². The Bertz CT molecular complexity index is 1030. The van der Waals surface area contributed by atoms with Crippen LogP contribution in [0, 0.1) is 13.8 Å². The fraction of sp³-hybridized carbons (Fsp3) is 0.440. The van der Waals surface area contributed by atoms with Crippen molar-refractivity contribution in [1.82, 2.24) is 15.2 Å². The van der Waals surface area contributed by atoms with Gasteiger partial charge in [-0.05, 0) is 50.1 Å². The summed E-state index contributed by atoms with van der Waals surface area (Å²) >= 11 is 0. The van der Waals surface area contributed by atoms with Crippen LogP contribution in [0.2, 0.25) is 0 Å². The number of nitrogens with zero attached hydrogens (tertiary/aromatic N) is 5. The first-order chi connectivity index (χ1) is 15.9. The summed E-state index contributed by atoms with van der Waals surface area (Å²) in [6.45, 7) is 10.4. The lowest BCUT2D eigenvalue weighted by atomic mass is 10.1. The lowest BCUT2D eigenvalue weighted by molar-refractivity contribution is -0.119. The van der Waals surface area contributed by atoms with Gasteiger partial charge in [0.25, 0.3) is 5.91 Å². The topological polar surface area (TPSA) is 81.1 Å². The Labute approximate surface area is 195 Å². The molecule has 1 saturated heterocycles. The zero-order valence-corrected chi connectivity index (χ0v) is 19.6. The van der Waals surface area contributed by atoms with Gasteiger partial charge >= 0.3 is 0 Å². The first-order valence-electron chi connectivity index (χ1n) is 11.6. The van der Waals surface area contributed by atoms with Gasteiger partial charge in [0, 0.05) is 57.8 Å². The number of carbonyl (C=O) groups is 2. The van der Waals surface area contributed by atoms with Gasteiger partial charge in [0.05, 0.1) is 5.69 Å². The van der Waals surface area contributed by atoms with E-state index in [4.69, 9.17) is 0 Å². The second-order valence-corrected chi connectivity index (χ2v) is 8.89. The molecule has 2 aliphatic rings. The number of carbonyl (C=O) groups excluding carboxylic acids is 2. The van der Waals surface area contributed by atoms with Gasteiger partial charge in [-0.1, -0.05) is 18.2 Å². The third-order valence-electron chi connectivity index (χ3n) is 6.14. The van der Waals surface area contributed by atoms with Crippen LogP contribution in [0.3, 0.4) is 0 Å². The van der Waals surface area contributed by atoms with Crippen LogP contribution in [0.1, 0.15) is 30.9 Å². The Morgan fingerprint density at radius 3 is 2.61 bits per heavy atom.